The number of amides is 2. The van der Waals surface area contributed by atoms with Crippen LogP contribution in [-0.4, -0.2) is 38.6 Å². The Morgan fingerprint density at radius 2 is 1.83 bits per heavy atom. The topological polar surface area (TPSA) is 95.6 Å². The van der Waals surface area contributed by atoms with Crippen LogP contribution >= 0.6 is 0 Å². The normalized spacial score (nSPS) is 16.2. The van der Waals surface area contributed by atoms with Gasteiger partial charge in [-0.15, -0.1) is 0 Å². The smallest absolute Gasteiger partial charge is 0.242 e. The molecule has 1 aliphatic heterocycles. The molecular weight excluding hydrogens is 390 g/mol. The van der Waals surface area contributed by atoms with Crippen molar-refractivity contribution >= 4 is 27.5 Å². The van der Waals surface area contributed by atoms with Gasteiger partial charge in [-0.2, -0.15) is 0 Å². The number of carbonyl (C=O) groups excluding carboxylic acids is 2. The molecular formula is C21H25N3O4S. The van der Waals surface area contributed by atoms with E-state index in [1.807, 2.05) is 24.3 Å². The average Bonchev–Trinajstić information content (AvgIpc) is 2.70. The first-order valence-electron chi connectivity index (χ1n) is 9.45. The van der Waals surface area contributed by atoms with Crippen molar-refractivity contribution in [1.82, 2.24) is 9.62 Å². The predicted molar refractivity (Wildman–Crippen MR) is 111 cm³/mol. The summed E-state index contributed by atoms with van der Waals surface area (Å²) in [6.45, 7) is 0.113. The van der Waals surface area contributed by atoms with E-state index in [1.165, 1.54) is 20.2 Å². The Bertz CT molecular complexity index is 1020. The molecule has 0 spiro atoms. The molecule has 0 aromatic heterocycles. The zero-order valence-electron chi connectivity index (χ0n) is 16.5. The number of para-hydroxylation sites is 1. The van der Waals surface area contributed by atoms with Crippen LogP contribution in [0.3, 0.4) is 0 Å². The van der Waals surface area contributed by atoms with E-state index >= 15 is 0 Å². The van der Waals surface area contributed by atoms with Gasteiger partial charge in [0.15, 0.2) is 0 Å². The van der Waals surface area contributed by atoms with Crippen LogP contribution in [-0.2, 0) is 32.6 Å². The molecule has 7 nitrogen and oxygen atoms in total. The van der Waals surface area contributed by atoms with Crippen molar-refractivity contribution in [3.05, 3.63) is 59.7 Å². The van der Waals surface area contributed by atoms with Crippen molar-refractivity contribution in [2.75, 3.05) is 19.4 Å². The molecule has 1 heterocycles. The van der Waals surface area contributed by atoms with E-state index in [0.717, 1.165) is 15.6 Å². The molecule has 1 unspecified atom stereocenters. The van der Waals surface area contributed by atoms with Gasteiger partial charge in [0.2, 0.25) is 21.8 Å². The van der Waals surface area contributed by atoms with E-state index in [4.69, 9.17) is 0 Å². The molecule has 29 heavy (non-hydrogen) atoms. The molecule has 2 amide bonds. The Hall–Kier alpha value is -2.71. The Kier molecular flexibility index (Phi) is 6.34. The largest absolute Gasteiger partial charge is 0.352 e. The van der Waals surface area contributed by atoms with Crippen LogP contribution in [0.4, 0.5) is 5.69 Å². The second-order valence-corrected chi connectivity index (χ2v) is 9.38. The fourth-order valence-electron chi connectivity index (χ4n) is 3.33. The Labute approximate surface area is 171 Å². The van der Waals surface area contributed by atoms with Gasteiger partial charge in [-0.1, -0.05) is 36.4 Å². The highest BCUT2D eigenvalue weighted by Crippen LogP contribution is 2.27. The van der Waals surface area contributed by atoms with Crippen LogP contribution in [0.5, 0.6) is 0 Å². The minimum Gasteiger partial charge on any atom is -0.352 e. The third-order valence-electron chi connectivity index (χ3n) is 5.04. The van der Waals surface area contributed by atoms with Gasteiger partial charge < -0.3 is 10.6 Å². The first-order chi connectivity index (χ1) is 13.8. The highest BCUT2D eigenvalue weighted by Gasteiger charge is 2.26. The molecule has 1 atom stereocenters. The second-order valence-electron chi connectivity index (χ2n) is 7.26. The van der Waals surface area contributed by atoms with Gasteiger partial charge in [-0.3, -0.25) is 9.59 Å². The fourth-order valence-corrected chi connectivity index (χ4v) is 4.45. The van der Waals surface area contributed by atoms with Crippen molar-refractivity contribution < 1.29 is 18.0 Å². The van der Waals surface area contributed by atoms with Crippen molar-refractivity contribution in [2.24, 2.45) is 5.92 Å². The molecule has 0 bridgehead atoms. The third-order valence-corrected chi connectivity index (χ3v) is 6.95. The predicted octanol–water partition coefficient (Wildman–Crippen LogP) is 2.14. The number of hydrogen-bond donors (Lipinski definition) is 2. The van der Waals surface area contributed by atoms with Gasteiger partial charge in [-0.05, 0) is 36.1 Å². The summed E-state index contributed by atoms with van der Waals surface area (Å²) in [5, 5.41) is 5.65. The molecule has 0 saturated carbocycles. The van der Waals surface area contributed by atoms with Crippen LogP contribution < -0.4 is 10.6 Å². The monoisotopic (exact) mass is 415 g/mol. The summed E-state index contributed by atoms with van der Waals surface area (Å²) in [6.07, 6.45) is 1.24. The van der Waals surface area contributed by atoms with E-state index in [2.05, 4.69) is 10.6 Å². The number of fused-ring (bicyclic) bond motifs is 1. The van der Waals surface area contributed by atoms with Gasteiger partial charge in [0.05, 0.1) is 4.90 Å². The zero-order chi connectivity index (χ0) is 21.0. The highest BCUT2D eigenvalue weighted by atomic mass is 32.2. The SMILES string of the molecule is CN(C)S(=O)(=O)c1ccccc1CNC(=O)CCC1Cc2ccccc2NC1=O. The number of benzene rings is 2. The summed E-state index contributed by atoms with van der Waals surface area (Å²) in [5.41, 5.74) is 2.43. The van der Waals surface area contributed by atoms with Gasteiger partial charge in [-0.25, -0.2) is 12.7 Å². The summed E-state index contributed by atoms with van der Waals surface area (Å²) >= 11 is 0. The maximum absolute atomic E-state index is 12.4. The molecule has 0 saturated heterocycles. The summed E-state index contributed by atoms with van der Waals surface area (Å²) in [5.74, 6) is -0.537. The quantitative estimate of drug-likeness (QED) is 0.724. The molecule has 2 N–H and O–H groups in total. The van der Waals surface area contributed by atoms with Crippen LogP contribution in [0.2, 0.25) is 0 Å². The van der Waals surface area contributed by atoms with Crippen molar-refractivity contribution in [3.8, 4) is 0 Å². The maximum Gasteiger partial charge on any atom is 0.242 e. The average molecular weight is 416 g/mol. The number of rotatable bonds is 7. The number of anilines is 1. The molecule has 1 aliphatic rings. The molecule has 3 rings (SSSR count). The molecule has 0 fully saturated rings. The van der Waals surface area contributed by atoms with Crippen LogP contribution in [0, 0.1) is 5.92 Å². The van der Waals surface area contributed by atoms with Gasteiger partial charge >= 0.3 is 0 Å². The number of carbonyl (C=O) groups is 2. The molecule has 154 valence electrons. The number of sulfonamides is 1. The summed E-state index contributed by atoms with van der Waals surface area (Å²) < 4.78 is 26.0. The van der Waals surface area contributed by atoms with Gasteiger partial charge in [0, 0.05) is 38.7 Å². The lowest BCUT2D eigenvalue weighted by molar-refractivity contribution is -0.123. The standard InChI is InChI=1S/C21H25N3O4S/c1-24(2)29(27,28)19-10-6-4-8-17(19)14-22-20(25)12-11-16-13-15-7-3-5-9-18(15)23-21(16)26/h3-10,16H,11-14H2,1-2H3,(H,22,25)(H,23,26). The minimum absolute atomic E-state index is 0.0704. The van der Waals surface area contributed by atoms with E-state index in [9.17, 15) is 18.0 Å². The molecule has 2 aromatic rings. The lowest BCUT2D eigenvalue weighted by atomic mass is 9.89. The molecule has 2 aromatic carbocycles. The number of nitrogens with one attached hydrogen (secondary N) is 2. The summed E-state index contributed by atoms with van der Waals surface area (Å²) in [7, 11) is -0.651. The Balaban J connectivity index is 1.57. The summed E-state index contributed by atoms with van der Waals surface area (Å²) in [4.78, 5) is 24.7. The Morgan fingerprint density at radius 1 is 1.14 bits per heavy atom. The molecule has 8 heteroatoms. The van der Waals surface area contributed by atoms with Crippen molar-refractivity contribution in [3.63, 3.8) is 0 Å². The first kappa shape index (κ1) is 21.0. The van der Waals surface area contributed by atoms with Crippen LogP contribution in [0.1, 0.15) is 24.0 Å². The maximum atomic E-state index is 12.4. The lowest BCUT2D eigenvalue weighted by Crippen LogP contribution is -2.32. The summed E-state index contributed by atoms with van der Waals surface area (Å²) in [6, 6.07) is 14.3. The van der Waals surface area contributed by atoms with E-state index < -0.39 is 10.0 Å². The minimum atomic E-state index is -3.59. The zero-order valence-corrected chi connectivity index (χ0v) is 17.3. The van der Waals surface area contributed by atoms with Crippen LogP contribution in [0.25, 0.3) is 0 Å². The highest BCUT2D eigenvalue weighted by molar-refractivity contribution is 7.89. The third kappa shape index (κ3) is 4.83. The van der Waals surface area contributed by atoms with E-state index in [0.29, 0.717) is 18.4 Å². The number of hydrogen-bond acceptors (Lipinski definition) is 4. The first-order valence-corrected chi connectivity index (χ1v) is 10.9. The van der Waals surface area contributed by atoms with Crippen LogP contribution in [0.15, 0.2) is 53.4 Å². The van der Waals surface area contributed by atoms with E-state index in [-0.39, 0.29) is 35.6 Å². The van der Waals surface area contributed by atoms with Crippen molar-refractivity contribution in [2.45, 2.75) is 30.7 Å². The van der Waals surface area contributed by atoms with E-state index in [1.54, 1.807) is 18.2 Å². The van der Waals surface area contributed by atoms with Gasteiger partial charge in [0.25, 0.3) is 0 Å². The molecule has 0 radical (unpaired) electrons. The Morgan fingerprint density at radius 3 is 2.59 bits per heavy atom. The van der Waals surface area contributed by atoms with Crippen molar-refractivity contribution in [1.29, 1.82) is 0 Å². The van der Waals surface area contributed by atoms with Gasteiger partial charge in [0.1, 0.15) is 0 Å². The second kappa shape index (κ2) is 8.75. The fraction of sp³-hybridized carbons (Fsp3) is 0.333. The lowest BCUT2D eigenvalue weighted by Gasteiger charge is -2.24. The molecule has 0 aliphatic carbocycles. The number of nitrogens with zero attached hydrogens (tertiary/aromatic N) is 1.